The molecule has 6 atom stereocenters. The Labute approximate surface area is 398 Å². The van der Waals surface area contributed by atoms with E-state index < -0.39 is 116 Å². The molecule has 4 aromatic rings. The molecule has 0 aliphatic heterocycles. The second kappa shape index (κ2) is 24.6. The Hall–Kier alpha value is -5.10. The fraction of sp³-hybridized carbons (Fsp3) is 0.535. The predicted molar refractivity (Wildman–Crippen MR) is 251 cm³/mol. The van der Waals surface area contributed by atoms with Crippen molar-refractivity contribution in [3.8, 4) is 5.75 Å². The molecule has 0 radical (unpaired) electrons. The van der Waals surface area contributed by atoms with Gasteiger partial charge < -0.3 is 71.5 Å². The van der Waals surface area contributed by atoms with Gasteiger partial charge in [-0.1, -0.05) is 18.2 Å². The number of benzene rings is 4. The van der Waals surface area contributed by atoms with Gasteiger partial charge in [-0.25, -0.2) is 25.4 Å². The number of hydrogen-bond acceptors (Lipinski definition) is 18. The Morgan fingerprint density at radius 3 is 1.52 bits per heavy atom. The SMILES string of the molecule is CN(C)CCCOc1cc(NC[C@H](O)[C@@H](O)[C@H](O)[C@H](O)CO)c2ccc3c(S(=O)(=O)N(C)CCCNC(CC(=O)O)C(=O)O)cc(S(=O)(=O)N(C)CCCNC(CC(=O)O)C(=O)O)c4ccc1c2c34. The molecule has 0 aromatic heterocycles. The van der Waals surface area contributed by atoms with Crippen molar-refractivity contribution in [2.24, 2.45) is 0 Å². The van der Waals surface area contributed by atoms with Gasteiger partial charge in [-0.15, -0.1) is 0 Å². The molecule has 0 spiro atoms. The number of ether oxygens (including phenoxy) is 1. The van der Waals surface area contributed by atoms with E-state index >= 15 is 0 Å². The average Bonchev–Trinajstić information content (AvgIpc) is 3.29. The highest BCUT2D eigenvalue weighted by atomic mass is 32.2. The molecule has 24 nitrogen and oxygen atoms in total. The summed E-state index contributed by atoms with van der Waals surface area (Å²) in [4.78, 5) is 46.6. The van der Waals surface area contributed by atoms with Gasteiger partial charge in [0.15, 0.2) is 0 Å². The first-order chi connectivity index (χ1) is 32.3. The predicted octanol–water partition coefficient (Wildman–Crippen LogP) is -1.18. The van der Waals surface area contributed by atoms with Gasteiger partial charge in [-0.05, 0) is 58.6 Å². The van der Waals surface area contributed by atoms with E-state index in [9.17, 15) is 71.8 Å². The molecule has 69 heavy (non-hydrogen) atoms. The molecule has 4 rings (SSSR count). The van der Waals surface area contributed by atoms with Crippen molar-refractivity contribution in [1.82, 2.24) is 24.1 Å². The molecule has 0 bridgehead atoms. The van der Waals surface area contributed by atoms with Crippen LogP contribution in [0.5, 0.6) is 5.75 Å². The maximum atomic E-state index is 14.7. The zero-order chi connectivity index (χ0) is 51.5. The highest BCUT2D eigenvalue weighted by Crippen LogP contribution is 2.46. The standard InChI is InChI=1S/C43H62N6O18S2/c1-47(2)14-7-17-67-33-18-28(46-22-31(51)40(57)41(58)32(52)23-50)24-8-10-26-34(68(63,64)48(3)15-5-12-44-29(42(59)60)19-36(53)54)21-35(27-11-9-25(33)38(24)39(26)27)69(65,66)49(4)16-6-13-45-30(43(61)62)20-37(55)56/h8-11,18,21,29-32,40-41,44-46,50-52,57-58H,5-7,12-17,19-20,22-23H2,1-4H3,(H,53,54)(H,55,56)(H,59,60)(H,61,62)/t29?,30?,31-,32+,40+,41+/m0/s1. The lowest BCUT2D eigenvalue weighted by atomic mass is 9.92. The molecular formula is C43H62N6O18S2. The van der Waals surface area contributed by atoms with Crippen LogP contribution in [-0.4, -0.2) is 217 Å². The van der Waals surface area contributed by atoms with Crippen molar-refractivity contribution in [1.29, 1.82) is 0 Å². The average molecular weight is 1020 g/mol. The molecular weight excluding hydrogens is 953 g/mol. The number of nitrogens with zero attached hydrogens (tertiary/aromatic N) is 3. The molecule has 12 N–H and O–H groups in total. The topological polar surface area (TPSA) is 374 Å². The fourth-order valence-electron chi connectivity index (χ4n) is 7.63. The highest BCUT2D eigenvalue weighted by molar-refractivity contribution is 7.90. The lowest BCUT2D eigenvalue weighted by Gasteiger charge is -2.27. The lowest BCUT2D eigenvalue weighted by Crippen LogP contribution is -2.48. The number of rotatable bonds is 32. The summed E-state index contributed by atoms with van der Waals surface area (Å²) in [7, 11) is -3.03. The van der Waals surface area contributed by atoms with E-state index in [1.54, 1.807) is 18.2 Å². The van der Waals surface area contributed by atoms with E-state index in [0.717, 1.165) is 14.7 Å². The van der Waals surface area contributed by atoms with Crippen molar-refractivity contribution in [3.63, 3.8) is 0 Å². The Balaban J connectivity index is 1.91. The zero-order valence-corrected chi connectivity index (χ0v) is 40.1. The first-order valence-corrected chi connectivity index (χ1v) is 24.6. The molecule has 0 fully saturated rings. The van der Waals surface area contributed by atoms with E-state index in [4.69, 9.17) is 14.9 Å². The summed E-state index contributed by atoms with van der Waals surface area (Å²) in [6.45, 7) is -1.18. The maximum Gasteiger partial charge on any atom is 0.321 e. The summed E-state index contributed by atoms with van der Waals surface area (Å²) in [5, 5.41) is 97.6. The second-order valence-corrected chi connectivity index (χ2v) is 20.8. The Kier molecular flexibility index (Phi) is 20.2. The number of aliphatic carboxylic acids is 4. The van der Waals surface area contributed by atoms with Crippen LogP contribution in [0.15, 0.2) is 46.2 Å². The number of hydrogen-bond donors (Lipinski definition) is 12. The van der Waals surface area contributed by atoms with Crippen molar-refractivity contribution >= 4 is 81.9 Å². The fourth-order valence-corrected chi connectivity index (χ4v) is 10.5. The van der Waals surface area contributed by atoms with Crippen LogP contribution < -0.4 is 20.7 Å². The van der Waals surface area contributed by atoms with Gasteiger partial charge in [0.2, 0.25) is 20.0 Å². The molecule has 0 saturated heterocycles. The smallest absolute Gasteiger partial charge is 0.321 e. The third kappa shape index (κ3) is 14.0. The maximum absolute atomic E-state index is 14.7. The number of nitrogens with one attached hydrogen (secondary N) is 3. The van der Waals surface area contributed by atoms with Crippen LogP contribution in [-0.2, 0) is 39.2 Å². The molecule has 4 aromatic carbocycles. The number of aliphatic hydroxyl groups is 5. The third-order valence-electron chi connectivity index (χ3n) is 11.4. The number of anilines is 1. The molecule has 26 heteroatoms. The number of sulfonamides is 2. The van der Waals surface area contributed by atoms with E-state index in [-0.39, 0.29) is 73.2 Å². The van der Waals surface area contributed by atoms with Crippen LogP contribution in [0.4, 0.5) is 5.69 Å². The molecule has 0 saturated carbocycles. The third-order valence-corrected chi connectivity index (χ3v) is 15.2. The lowest BCUT2D eigenvalue weighted by molar-refractivity contribution is -0.145. The summed E-state index contributed by atoms with van der Waals surface area (Å²) >= 11 is 0. The minimum Gasteiger partial charge on any atom is -0.493 e. The summed E-state index contributed by atoms with van der Waals surface area (Å²) in [6.07, 6.45) is -8.23. The van der Waals surface area contributed by atoms with Crippen LogP contribution in [0.25, 0.3) is 32.3 Å². The van der Waals surface area contributed by atoms with Gasteiger partial charge in [0, 0.05) is 84.3 Å². The largest absolute Gasteiger partial charge is 0.493 e. The van der Waals surface area contributed by atoms with Crippen molar-refractivity contribution in [2.45, 2.75) is 78.4 Å². The molecule has 0 amide bonds. The van der Waals surface area contributed by atoms with Crippen LogP contribution in [0, 0.1) is 0 Å². The molecule has 0 aliphatic rings. The quantitative estimate of drug-likeness (QED) is 0.0202. The summed E-state index contributed by atoms with van der Waals surface area (Å²) in [5.41, 5.74) is 0.264. The second-order valence-electron chi connectivity index (χ2n) is 16.8. The van der Waals surface area contributed by atoms with Gasteiger partial charge in [-0.2, -0.15) is 0 Å². The summed E-state index contributed by atoms with van der Waals surface area (Å²) < 4.78 is 67.1. The molecule has 2 unspecified atom stereocenters. The van der Waals surface area contributed by atoms with Gasteiger partial charge in [0.1, 0.15) is 36.1 Å². The number of carboxylic acids is 4. The normalized spacial score (nSPS) is 15.2. The van der Waals surface area contributed by atoms with Gasteiger partial charge >= 0.3 is 23.9 Å². The van der Waals surface area contributed by atoms with E-state index in [1.807, 2.05) is 19.0 Å². The van der Waals surface area contributed by atoms with Crippen LogP contribution >= 0.6 is 0 Å². The Morgan fingerprint density at radius 2 is 1.07 bits per heavy atom. The molecule has 0 aliphatic carbocycles. The Morgan fingerprint density at radius 1 is 0.623 bits per heavy atom. The highest BCUT2D eigenvalue weighted by Gasteiger charge is 2.34. The molecule has 384 valence electrons. The number of carboxylic acid groups (broad SMARTS) is 4. The first-order valence-electron chi connectivity index (χ1n) is 21.8. The van der Waals surface area contributed by atoms with Crippen molar-refractivity contribution in [2.75, 3.05) is 86.0 Å². The monoisotopic (exact) mass is 1010 g/mol. The van der Waals surface area contributed by atoms with Crippen LogP contribution in [0.1, 0.15) is 32.1 Å². The van der Waals surface area contributed by atoms with Crippen molar-refractivity contribution in [3.05, 3.63) is 36.4 Å². The number of aliphatic hydroxyl groups excluding tert-OH is 5. The van der Waals surface area contributed by atoms with E-state index in [1.165, 1.54) is 26.2 Å². The zero-order valence-electron chi connectivity index (χ0n) is 38.5. The summed E-state index contributed by atoms with van der Waals surface area (Å²) in [5.74, 6) is -5.31. The van der Waals surface area contributed by atoms with Crippen LogP contribution in [0.3, 0.4) is 0 Å². The first kappa shape index (κ1) is 56.5. The van der Waals surface area contributed by atoms with E-state index in [2.05, 4.69) is 16.0 Å². The molecule has 0 heterocycles. The Bertz CT molecular complexity index is 2560. The van der Waals surface area contributed by atoms with Gasteiger partial charge in [-0.3, -0.25) is 19.2 Å². The summed E-state index contributed by atoms with van der Waals surface area (Å²) in [6, 6.07) is 5.87. The van der Waals surface area contributed by atoms with Gasteiger partial charge in [0.25, 0.3) is 0 Å². The van der Waals surface area contributed by atoms with Crippen molar-refractivity contribution < 1.29 is 86.7 Å². The number of carbonyl (C=O) groups is 4. The minimum atomic E-state index is -4.63. The van der Waals surface area contributed by atoms with Crippen LogP contribution in [0.2, 0.25) is 0 Å². The van der Waals surface area contributed by atoms with Gasteiger partial charge in [0.05, 0.1) is 42.0 Å². The van der Waals surface area contributed by atoms with E-state index in [0.29, 0.717) is 29.1 Å². The minimum absolute atomic E-state index is 0.00216.